The summed E-state index contributed by atoms with van der Waals surface area (Å²) in [6.07, 6.45) is 1.03. The van der Waals surface area contributed by atoms with Crippen LogP contribution in [-0.2, 0) is 16.0 Å². The van der Waals surface area contributed by atoms with Crippen molar-refractivity contribution in [2.45, 2.75) is 25.0 Å². The van der Waals surface area contributed by atoms with Crippen molar-refractivity contribution in [3.63, 3.8) is 0 Å². The van der Waals surface area contributed by atoms with E-state index in [-0.39, 0.29) is 41.9 Å². The number of anilines is 1. The van der Waals surface area contributed by atoms with Crippen LogP contribution in [0.25, 0.3) is 0 Å². The number of halogens is 1. The molecule has 31 heavy (non-hydrogen) atoms. The van der Waals surface area contributed by atoms with Crippen molar-refractivity contribution >= 4 is 40.4 Å². The minimum absolute atomic E-state index is 0.0782. The lowest BCUT2D eigenvalue weighted by atomic mass is 10.1. The van der Waals surface area contributed by atoms with Crippen LogP contribution in [0, 0.1) is 5.82 Å². The SMILES string of the molecule is CC(=O)Nc1cccc(C(=O)NCCN2C(=O)SC(CCc3ccc(F)cc3)C2=O)c1. The Hall–Kier alpha value is -3.20. The van der Waals surface area contributed by atoms with Gasteiger partial charge in [0, 0.05) is 31.3 Å². The molecule has 2 aromatic carbocycles. The Labute approximate surface area is 183 Å². The molecule has 0 aromatic heterocycles. The highest BCUT2D eigenvalue weighted by atomic mass is 32.2. The number of hydrogen-bond acceptors (Lipinski definition) is 5. The molecule has 0 spiro atoms. The van der Waals surface area contributed by atoms with E-state index in [1.165, 1.54) is 19.1 Å². The predicted molar refractivity (Wildman–Crippen MR) is 116 cm³/mol. The minimum Gasteiger partial charge on any atom is -0.350 e. The Morgan fingerprint density at radius 3 is 2.58 bits per heavy atom. The summed E-state index contributed by atoms with van der Waals surface area (Å²) in [6.45, 7) is 1.57. The summed E-state index contributed by atoms with van der Waals surface area (Å²) in [4.78, 5) is 49.4. The molecule has 1 heterocycles. The average Bonchev–Trinajstić information content (AvgIpc) is 3.00. The summed E-state index contributed by atoms with van der Waals surface area (Å²) in [5, 5.41) is 4.47. The Kier molecular flexibility index (Phi) is 7.41. The second-order valence-corrected chi connectivity index (χ2v) is 8.20. The van der Waals surface area contributed by atoms with Crippen LogP contribution in [0.5, 0.6) is 0 Å². The smallest absolute Gasteiger partial charge is 0.289 e. The molecule has 1 fully saturated rings. The number of nitrogens with one attached hydrogen (secondary N) is 2. The van der Waals surface area contributed by atoms with Crippen LogP contribution in [0.2, 0.25) is 0 Å². The highest BCUT2D eigenvalue weighted by Gasteiger charge is 2.38. The van der Waals surface area contributed by atoms with Gasteiger partial charge in [0.2, 0.25) is 11.8 Å². The van der Waals surface area contributed by atoms with Gasteiger partial charge in [-0.2, -0.15) is 0 Å². The highest BCUT2D eigenvalue weighted by molar-refractivity contribution is 8.15. The molecule has 3 rings (SSSR count). The summed E-state index contributed by atoms with van der Waals surface area (Å²) >= 11 is 0.977. The van der Waals surface area contributed by atoms with Crippen LogP contribution >= 0.6 is 11.8 Å². The number of amides is 4. The third-order valence-corrected chi connectivity index (χ3v) is 5.82. The van der Waals surface area contributed by atoms with Gasteiger partial charge in [-0.05, 0) is 48.7 Å². The van der Waals surface area contributed by atoms with Gasteiger partial charge in [0.05, 0.1) is 5.25 Å². The van der Waals surface area contributed by atoms with E-state index in [4.69, 9.17) is 0 Å². The van der Waals surface area contributed by atoms with Crippen molar-refractivity contribution in [3.05, 3.63) is 65.5 Å². The quantitative estimate of drug-likeness (QED) is 0.653. The van der Waals surface area contributed by atoms with Crippen molar-refractivity contribution in [1.29, 1.82) is 0 Å². The molecule has 1 unspecified atom stereocenters. The largest absolute Gasteiger partial charge is 0.350 e. The molecule has 0 saturated carbocycles. The van der Waals surface area contributed by atoms with Crippen molar-refractivity contribution < 1.29 is 23.6 Å². The van der Waals surface area contributed by atoms with Crippen LogP contribution in [0.15, 0.2) is 48.5 Å². The maximum absolute atomic E-state index is 13.0. The Balaban J connectivity index is 1.48. The molecule has 0 radical (unpaired) electrons. The van der Waals surface area contributed by atoms with E-state index in [2.05, 4.69) is 10.6 Å². The number of carbonyl (C=O) groups excluding carboxylic acids is 4. The van der Waals surface area contributed by atoms with Crippen molar-refractivity contribution in [2.75, 3.05) is 18.4 Å². The van der Waals surface area contributed by atoms with E-state index < -0.39 is 5.25 Å². The summed E-state index contributed by atoms with van der Waals surface area (Å²) in [5.74, 6) is -1.21. The van der Waals surface area contributed by atoms with Crippen LogP contribution in [-0.4, -0.2) is 46.2 Å². The first kappa shape index (κ1) is 22.5. The van der Waals surface area contributed by atoms with Gasteiger partial charge in [0.1, 0.15) is 5.82 Å². The lowest BCUT2D eigenvalue weighted by molar-refractivity contribution is -0.126. The number of nitrogens with zero attached hydrogens (tertiary/aromatic N) is 1. The van der Waals surface area contributed by atoms with E-state index in [9.17, 15) is 23.6 Å². The number of imide groups is 1. The summed E-state index contributed by atoms with van der Waals surface area (Å²) in [5.41, 5.74) is 1.76. The van der Waals surface area contributed by atoms with Gasteiger partial charge < -0.3 is 10.6 Å². The maximum atomic E-state index is 13.0. The monoisotopic (exact) mass is 443 g/mol. The molecule has 1 atom stereocenters. The molecule has 2 aromatic rings. The zero-order chi connectivity index (χ0) is 22.4. The molecule has 7 nitrogen and oxygen atoms in total. The molecule has 0 aliphatic carbocycles. The van der Waals surface area contributed by atoms with Gasteiger partial charge in [0.25, 0.3) is 11.1 Å². The number of rotatable bonds is 8. The number of benzene rings is 2. The van der Waals surface area contributed by atoms with Crippen LogP contribution in [0.4, 0.5) is 14.9 Å². The van der Waals surface area contributed by atoms with Gasteiger partial charge >= 0.3 is 0 Å². The number of aryl methyl sites for hydroxylation is 1. The lowest BCUT2D eigenvalue weighted by Gasteiger charge is -2.14. The molecule has 0 bridgehead atoms. The van der Waals surface area contributed by atoms with Crippen molar-refractivity contribution in [1.82, 2.24) is 10.2 Å². The van der Waals surface area contributed by atoms with Gasteiger partial charge in [0.15, 0.2) is 0 Å². The number of hydrogen-bond donors (Lipinski definition) is 2. The second-order valence-electron chi connectivity index (χ2n) is 7.05. The number of carbonyl (C=O) groups is 4. The van der Waals surface area contributed by atoms with Crippen LogP contribution in [0.1, 0.15) is 29.3 Å². The molecule has 1 saturated heterocycles. The minimum atomic E-state index is -0.484. The van der Waals surface area contributed by atoms with E-state index in [0.29, 0.717) is 24.1 Å². The lowest BCUT2D eigenvalue weighted by Crippen LogP contribution is -2.38. The third-order valence-electron chi connectivity index (χ3n) is 4.68. The molecule has 1 aliphatic heterocycles. The standard InChI is InChI=1S/C22H22FN3O4S/c1-14(27)25-18-4-2-3-16(13-18)20(28)24-11-12-26-21(29)19(31-22(26)30)10-7-15-5-8-17(23)9-6-15/h2-6,8-9,13,19H,7,10-12H2,1H3,(H,24,28)(H,25,27). The molecule has 4 amide bonds. The Morgan fingerprint density at radius 2 is 1.87 bits per heavy atom. The molecule has 1 aliphatic rings. The van der Waals surface area contributed by atoms with Crippen molar-refractivity contribution in [3.8, 4) is 0 Å². The molecule has 9 heteroatoms. The van der Waals surface area contributed by atoms with Gasteiger partial charge in [-0.3, -0.25) is 24.1 Å². The molecule has 162 valence electrons. The van der Waals surface area contributed by atoms with E-state index in [1.54, 1.807) is 36.4 Å². The van der Waals surface area contributed by atoms with E-state index >= 15 is 0 Å². The fraction of sp³-hybridized carbons (Fsp3) is 0.273. The van der Waals surface area contributed by atoms with Crippen LogP contribution < -0.4 is 10.6 Å². The fourth-order valence-electron chi connectivity index (χ4n) is 3.16. The Morgan fingerprint density at radius 1 is 1.13 bits per heavy atom. The Bertz CT molecular complexity index is 997. The van der Waals surface area contributed by atoms with Crippen LogP contribution in [0.3, 0.4) is 0 Å². The fourth-order valence-corrected chi connectivity index (χ4v) is 4.17. The first-order valence-electron chi connectivity index (χ1n) is 9.76. The maximum Gasteiger partial charge on any atom is 0.289 e. The van der Waals surface area contributed by atoms with Gasteiger partial charge in [-0.1, -0.05) is 30.0 Å². The van der Waals surface area contributed by atoms with Gasteiger partial charge in [-0.25, -0.2) is 4.39 Å². The molecule has 2 N–H and O–H groups in total. The normalized spacial score (nSPS) is 15.8. The zero-order valence-electron chi connectivity index (χ0n) is 16.9. The van der Waals surface area contributed by atoms with E-state index in [1.807, 2.05) is 0 Å². The summed E-state index contributed by atoms with van der Waals surface area (Å²) in [6, 6.07) is 12.5. The topological polar surface area (TPSA) is 95.6 Å². The first-order valence-corrected chi connectivity index (χ1v) is 10.6. The van der Waals surface area contributed by atoms with Gasteiger partial charge in [-0.15, -0.1) is 0 Å². The van der Waals surface area contributed by atoms with E-state index in [0.717, 1.165) is 22.2 Å². The predicted octanol–water partition coefficient (Wildman–Crippen LogP) is 3.21. The summed E-state index contributed by atoms with van der Waals surface area (Å²) in [7, 11) is 0. The highest BCUT2D eigenvalue weighted by Crippen LogP contribution is 2.30. The second kappa shape index (κ2) is 10.2. The summed E-state index contributed by atoms with van der Waals surface area (Å²) < 4.78 is 13.0. The zero-order valence-corrected chi connectivity index (χ0v) is 17.7. The first-order chi connectivity index (χ1) is 14.8. The molecular formula is C22H22FN3O4S. The van der Waals surface area contributed by atoms with Crippen molar-refractivity contribution in [2.24, 2.45) is 0 Å². The molecular weight excluding hydrogens is 421 g/mol. The number of thioether (sulfide) groups is 1. The average molecular weight is 444 g/mol. The third kappa shape index (κ3) is 6.14.